The first-order chi connectivity index (χ1) is 8.61. The second kappa shape index (κ2) is 5.72. The third-order valence-corrected chi connectivity index (χ3v) is 4.07. The lowest BCUT2D eigenvalue weighted by molar-refractivity contribution is 0.280. The van der Waals surface area contributed by atoms with Gasteiger partial charge in [0.1, 0.15) is 5.75 Å². The molecule has 1 aromatic carbocycles. The Balaban J connectivity index is 2.17. The van der Waals surface area contributed by atoms with Crippen LogP contribution in [0, 0.1) is 12.8 Å². The molecule has 100 valence electrons. The number of hydrogen-bond donors (Lipinski definition) is 2. The van der Waals surface area contributed by atoms with Crippen LogP contribution in [0.4, 0.5) is 0 Å². The van der Waals surface area contributed by atoms with Crippen molar-refractivity contribution in [1.82, 2.24) is 0 Å². The van der Waals surface area contributed by atoms with Crippen molar-refractivity contribution < 1.29 is 4.74 Å². The van der Waals surface area contributed by atoms with Crippen molar-refractivity contribution >= 4 is 0 Å². The molecule has 0 amide bonds. The Kier molecular flexibility index (Phi) is 4.25. The summed E-state index contributed by atoms with van der Waals surface area (Å²) in [5, 5.41) is 0. The van der Waals surface area contributed by atoms with Gasteiger partial charge in [0, 0.05) is 17.6 Å². The van der Waals surface area contributed by atoms with Gasteiger partial charge in [-0.05, 0) is 44.6 Å². The highest BCUT2D eigenvalue weighted by atomic mass is 16.5. The van der Waals surface area contributed by atoms with Gasteiger partial charge in [0.25, 0.3) is 0 Å². The van der Waals surface area contributed by atoms with Crippen LogP contribution in [0.2, 0.25) is 0 Å². The lowest BCUT2D eigenvalue weighted by atomic mass is 9.79. The minimum atomic E-state index is 0.0624. The van der Waals surface area contributed by atoms with E-state index in [1.807, 2.05) is 6.07 Å². The van der Waals surface area contributed by atoms with Crippen molar-refractivity contribution in [2.45, 2.75) is 44.7 Å². The largest absolute Gasteiger partial charge is 0.496 e. The Morgan fingerprint density at radius 2 is 1.89 bits per heavy atom. The van der Waals surface area contributed by atoms with Crippen LogP contribution in [0.25, 0.3) is 0 Å². The molecule has 4 N–H and O–H groups in total. The van der Waals surface area contributed by atoms with E-state index in [0.717, 1.165) is 37.0 Å². The summed E-state index contributed by atoms with van der Waals surface area (Å²) in [5.41, 5.74) is 14.8. The van der Waals surface area contributed by atoms with Gasteiger partial charge >= 0.3 is 0 Å². The topological polar surface area (TPSA) is 61.3 Å². The van der Waals surface area contributed by atoms with Gasteiger partial charge in [-0.25, -0.2) is 0 Å². The lowest BCUT2D eigenvalue weighted by Gasteiger charge is -2.31. The van der Waals surface area contributed by atoms with E-state index in [1.54, 1.807) is 7.11 Å². The monoisotopic (exact) mass is 248 g/mol. The molecule has 18 heavy (non-hydrogen) atoms. The predicted octanol–water partition coefficient (Wildman–Crippen LogP) is 2.52. The zero-order valence-electron chi connectivity index (χ0n) is 11.4. The maximum Gasteiger partial charge on any atom is 0.123 e. The van der Waals surface area contributed by atoms with Crippen LogP contribution < -0.4 is 16.2 Å². The van der Waals surface area contributed by atoms with Crippen molar-refractivity contribution in [3.05, 3.63) is 29.3 Å². The van der Waals surface area contributed by atoms with Crippen LogP contribution in [0.5, 0.6) is 5.75 Å². The number of rotatable bonds is 3. The van der Waals surface area contributed by atoms with Crippen molar-refractivity contribution in [2.75, 3.05) is 7.11 Å². The minimum Gasteiger partial charge on any atom is -0.496 e. The molecule has 0 spiro atoms. The predicted molar refractivity (Wildman–Crippen MR) is 74.6 cm³/mol. The van der Waals surface area contributed by atoms with Crippen molar-refractivity contribution in [3.63, 3.8) is 0 Å². The lowest BCUT2D eigenvalue weighted by Crippen LogP contribution is -2.31. The van der Waals surface area contributed by atoms with Crippen LogP contribution >= 0.6 is 0 Å². The van der Waals surface area contributed by atoms with Gasteiger partial charge in [0.15, 0.2) is 0 Å². The first-order valence-electron chi connectivity index (χ1n) is 6.77. The third-order valence-electron chi connectivity index (χ3n) is 4.07. The fraction of sp³-hybridized carbons (Fsp3) is 0.600. The molecule has 3 nitrogen and oxygen atoms in total. The molecule has 1 fully saturated rings. The van der Waals surface area contributed by atoms with Crippen molar-refractivity contribution in [3.8, 4) is 5.75 Å². The molecule has 0 bridgehead atoms. The van der Waals surface area contributed by atoms with E-state index in [9.17, 15) is 0 Å². The molecule has 1 atom stereocenters. The average molecular weight is 248 g/mol. The molecule has 1 saturated carbocycles. The van der Waals surface area contributed by atoms with E-state index >= 15 is 0 Å². The molecule has 0 aliphatic heterocycles. The molecule has 1 aliphatic rings. The Morgan fingerprint density at radius 3 is 2.50 bits per heavy atom. The number of ether oxygens (including phenoxy) is 1. The Hall–Kier alpha value is -1.06. The first-order valence-corrected chi connectivity index (χ1v) is 6.77. The molecule has 1 aromatic rings. The molecule has 3 heteroatoms. The van der Waals surface area contributed by atoms with Gasteiger partial charge in [-0.3, -0.25) is 0 Å². The van der Waals surface area contributed by atoms with Gasteiger partial charge in [-0.1, -0.05) is 17.7 Å². The van der Waals surface area contributed by atoms with E-state index < -0.39 is 0 Å². The summed E-state index contributed by atoms with van der Waals surface area (Å²) in [4.78, 5) is 0. The number of nitrogens with two attached hydrogens (primary N) is 2. The second-order valence-electron chi connectivity index (χ2n) is 5.45. The van der Waals surface area contributed by atoms with Crippen LogP contribution in [0.3, 0.4) is 0 Å². The summed E-state index contributed by atoms with van der Waals surface area (Å²) >= 11 is 0. The van der Waals surface area contributed by atoms with E-state index in [0.29, 0.717) is 12.0 Å². The van der Waals surface area contributed by atoms with Crippen LogP contribution in [0.15, 0.2) is 18.2 Å². The van der Waals surface area contributed by atoms with Crippen LogP contribution in [0.1, 0.15) is 42.9 Å². The van der Waals surface area contributed by atoms with Crippen LogP contribution in [-0.2, 0) is 0 Å². The Morgan fingerprint density at radius 1 is 1.22 bits per heavy atom. The quantitative estimate of drug-likeness (QED) is 0.864. The number of hydrogen-bond acceptors (Lipinski definition) is 3. The summed E-state index contributed by atoms with van der Waals surface area (Å²) in [5.74, 6) is 1.43. The standard InChI is InChI=1S/C15H24N2O/c1-10-3-8-14(18-2)13(9-10)15(17)11-4-6-12(16)7-5-11/h3,8-9,11-12,15H,4-7,16-17H2,1-2H3. The SMILES string of the molecule is COc1ccc(C)cc1C(N)C1CCC(N)CC1. The van der Waals surface area contributed by atoms with Gasteiger partial charge in [0.05, 0.1) is 7.11 Å². The van der Waals surface area contributed by atoms with Crippen molar-refractivity contribution in [1.29, 1.82) is 0 Å². The average Bonchev–Trinajstić information content (AvgIpc) is 2.39. The summed E-state index contributed by atoms with van der Waals surface area (Å²) in [6, 6.07) is 6.66. The summed E-state index contributed by atoms with van der Waals surface area (Å²) in [6.07, 6.45) is 4.43. The molecular formula is C15H24N2O. The maximum absolute atomic E-state index is 6.44. The molecule has 2 rings (SSSR count). The molecule has 0 aromatic heterocycles. The smallest absolute Gasteiger partial charge is 0.123 e. The summed E-state index contributed by atoms with van der Waals surface area (Å²) in [6.45, 7) is 2.09. The van der Waals surface area contributed by atoms with Gasteiger partial charge in [-0.2, -0.15) is 0 Å². The van der Waals surface area contributed by atoms with Gasteiger partial charge in [0.2, 0.25) is 0 Å². The molecular weight excluding hydrogens is 224 g/mol. The number of aryl methyl sites for hydroxylation is 1. The molecule has 0 saturated heterocycles. The fourth-order valence-corrected chi connectivity index (χ4v) is 2.87. The zero-order valence-corrected chi connectivity index (χ0v) is 11.4. The van der Waals surface area contributed by atoms with E-state index in [-0.39, 0.29) is 6.04 Å². The Bertz CT molecular complexity index is 397. The highest BCUT2D eigenvalue weighted by Crippen LogP contribution is 2.36. The van der Waals surface area contributed by atoms with E-state index in [4.69, 9.17) is 16.2 Å². The first kappa shape index (κ1) is 13.4. The normalized spacial score (nSPS) is 25.8. The maximum atomic E-state index is 6.44. The number of methoxy groups -OCH3 is 1. The highest BCUT2D eigenvalue weighted by molar-refractivity contribution is 5.39. The minimum absolute atomic E-state index is 0.0624. The summed E-state index contributed by atoms with van der Waals surface area (Å²) in [7, 11) is 1.71. The summed E-state index contributed by atoms with van der Waals surface area (Å²) < 4.78 is 5.43. The molecule has 0 heterocycles. The van der Waals surface area contributed by atoms with Gasteiger partial charge < -0.3 is 16.2 Å². The molecule has 1 aliphatic carbocycles. The van der Waals surface area contributed by atoms with Crippen LogP contribution in [-0.4, -0.2) is 13.2 Å². The van der Waals surface area contributed by atoms with Crippen molar-refractivity contribution in [2.24, 2.45) is 17.4 Å². The van der Waals surface area contributed by atoms with Gasteiger partial charge in [-0.15, -0.1) is 0 Å². The zero-order chi connectivity index (χ0) is 13.1. The molecule has 0 radical (unpaired) electrons. The number of benzene rings is 1. The third kappa shape index (κ3) is 2.85. The highest BCUT2D eigenvalue weighted by Gasteiger charge is 2.26. The molecule has 1 unspecified atom stereocenters. The van der Waals surface area contributed by atoms with E-state index in [2.05, 4.69) is 19.1 Å². The second-order valence-corrected chi connectivity index (χ2v) is 5.45. The fourth-order valence-electron chi connectivity index (χ4n) is 2.87. The Labute approximate surface area is 110 Å². The van der Waals surface area contributed by atoms with E-state index in [1.165, 1.54) is 5.56 Å².